The molecule has 1 saturated carbocycles. The second-order valence-electron chi connectivity index (χ2n) is 6.33. The molecule has 0 aromatic heterocycles. The van der Waals surface area contributed by atoms with Crippen LogP contribution in [-0.4, -0.2) is 37.1 Å². The molecule has 0 radical (unpaired) electrons. The van der Waals surface area contributed by atoms with Gasteiger partial charge in [0.1, 0.15) is 0 Å². The van der Waals surface area contributed by atoms with Crippen molar-refractivity contribution in [2.75, 3.05) is 20.1 Å². The van der Waals surface area contributed by atoms with Gasteiger partial charge in [-0.15, -0.1) is 0 Å². The van der Waals surface area contributed by atoms with Crippen LogP contribution in [0.1, 0.15) is 57.8 Å². The molecule has 19 heavy (non-hydrogen) atoms. The Morgan fingerprint density at radius 3 is 2.58 bits per heavy atom. The number of nitrogens with zero attached hydrogens (tertiary/aromatic N) is 2. The highest BCUT2D eigenvalue weighted by atomic mass is 15.2. The van der Waals surface area contributed by atoms with Crippen LogP contribution in [0.4, 0.5) is 0 Å². The summed E-state index contributed by atoms with van der Waals surface area (Å²) in [6.45, 7) is 2.16. The number of likely N-dealkylation sites (tertiary alicyclic amines) is 1. The van der Waals surface area contributed by atoms with Gasteiger partial charge < -0.3 is 5.32 Å². The molecule has 1 aliphatic carbocycles. The largest absolute Gasteiger partial charge is 0.318 e. The van der Waals surface area contributed by atoms with Crippen LogP contribution in [0.5, 0.6) is 0 Å². The fraction of sp³-hybridized carbons (Fsp3) is 0.938. The SMILES string of the molecule is CNC[C@H](CC1CCCCC1)N1CCCCC1C#N. The maximum Gasteiger partial charge on any atom is 0.0980 e. The van der Waals surface area contributed by atoms with Gasteiger partial charge in [-0.05, 0) is 45.2 Å². The molecule has 3 heteroatoms. The lowest BCUT2D eigenvalue weighted by Crippen LogP contribution is -2.50. The predicted molar refractivity (Wildman–Crippen MR) is 78.9 cm³/mol. The molecule has 0 aromatic rings. The number of rotatable bonds is 5. The van der Waals surface area contributed by atoms with Gasteiger partial charge in [-0.3, -0.25) is 4.90 Å². The first-order chi connectivity index (χ1) is 9.35. The first-order valence-electron chi connectivity index (χ1n) is 8.15. The molecule has 2 rings (SSSR count). The second kappa shape index (κ2) is 7.87. The molecule has 0 amide bonds. The van der Waals surface area contributed by atoms with E-state index in [9.17, 15) is 5.26 Å². The summed E-state index contributed by atoms with van der Waals surface area (Å²) in [6.07, 6.45) is 11.9. The van der Waals surface area contributed by atoms with Crippen LogP contribution in [0.3, 0.4) is 0 Å². The molecule has 1 aliphatic heterocycles. The van der Waals surface area contributed by atoms with Crippen LogP contribution in [-0.2, 0) is 0 Å². The summed E-state index contributed by atoms with van der Waals surface area (Å²) < 4.78 is 0. The van der Waals surface area contributed by atoms with E-state index in [1.807, 2.05) is 7.05 Å². The Labute approximate surface area is 118 Å². The lowest BCUT2D eigenvalue weighted by Gasteiger charge is -2.40. The molecule has 108 valence electrons. The topological polar surface area (TPSA) is 39.1 Å². The highest BCUT2D eigenvalue weighted by molar-refractivity contribution is 4.97. The Bertz CT molecular complexity index is 291. The first kappa shape index (κ1) is 14.8. The average Bonchev–Trinajstić information content (AvgIpc) is 2.48. The van der Waals surface area contributed by atoms with Crippen molar-refractivity contribution in [1.29, 1.82) is 5.26 Å². The zero-order valence-corrected chi connectivity index (χ0v) is 12.4. The zero-order chi connectivity index (χ0) is 13.5. The van der Waals surface area contributed by atoms with E-state index in [4.69, 9.17) is 0 Å². The Hall–Kier alpha value is -0.590. The van der Waals surface area contributed by atoms with Gasteiger partial charge >= 0.3 is 0 Å². The molecular formula is C16H29N3. The molecule has 0 aromatic carbocycles. The van der Waals surface area contributed by atoms with Crippen LogP contribution in [0, 0.1) is 17.2 Å². The number of nitrogens with one attached hydrogen (secondary N) is 1. The van der Waals surface area contributed by atoms with Crippen molar-refractivity contribution < 1.29 is 0 Å². The Kier molecular flexibility index (Phi) is 6.13. The average molecular weight is 263 g/mol. The van der Waals surface area contributed by atoms with Crippen molar-refractivity contribution in [2.45, 2.75) is 69.9 Å². The highest BCUT2D eigenvalue weighted by Crippen LogP contribution is 2.30. The van der Waals surface area contributed by atoms with Crippen molar-refractivity contribution in [3.63, 3.8) is 0 Å². The van der Waals surface area contributed by atoms with E-state index in [1.54, 1.807) is 0 Å². The molecule has 2 aliphatic rings. The van der Waals surface area contributed by atoms with Crippen LogP contribution in [0.15, 0.2) is 0 Å². The Morgan fingerprint density at radius 2 is 1.89 bits per heavy atom. The minimum absolute atomic E-state index is 0.163. The molecule has 0 spiro atoms. The van der Waals surface area contributed by atoms with Gasteiger partial charge in [0.15, 0.2) is 0 Å². The normalized spacial score (nSPS) is 27.9. The maximum absolute atomic E-state index is 9.37. The number of hydrogen-bond donors (Lipinski definition) is 1. The molecule has 2 atom stereocenters. The zero-order valence-electron chi connectivity index (χ0n) is 12.4. The standard InChI is InChI=1S/C16H29N3/c1-18-13-16(11-14-7-3-2-4-8-14)19-10-6-5-9-15(19)12-17/h14-16,18H,2-11,13H2,1H3/t15?,16-/m0/s1. The van der Waals surface area contributed by atoms with Crippen LogP contribution < -0.4 is 5.32 Å². The summed E-state index contributed by atoms with van der Waals surface area (Å²) in [6, 6.07) is 3.26. The van der Waals surface area contributed by atoms with Crippen molar-refractivity contribution >= 4 is 0 Å². The van der Waals surface area contributed by atoms with Crippen LogP contribution in [0.25, 0.3) is 0 Å². The molecule has 1 saturated heterocycles. The van der Waals surface area contributed by atoms with Crippen LogP contribution >= 0.6 is 0 Å². The van der Waals surface area contributed by atoms with E-state index in [-0.39, 0.29) is 6.04 Å². The molecule has 1 unspecified atom stereocenters. The fourth-order valence-corrected chi connectivity index (χ4v) is 3.91. The van der Waals surface area contributed by atoms with E-state index < -0.39 is 0 Å². The molecule has 1 heterocycles. The minimum Gasteiger partial charge on any atom is -0.318 e. The monoisotopic (exact) mass is 263 g/mol. The van der Waals surface area contributed by atoms with Crippen molar-refractivity contribution in [3.05, 3.63) is 0 Å². The van der Waals surface area contributed by atoms with Crippen molar-refractivity contribution in [1.82, 2.24) is 10.2 Å². The van der Waals surface area contributed by atoms with Crippen molar-refractivity contribution in [3.8, 4) is 6.07 Å². The summed E-state index contributed by atoms with van der Waals surface area (Å²) in [5.41, 5.74) is 0. The number of piperidine rings is 1. The lowest BCUT2D eigenvalue weighted by atomic mass is 9.83. The van der Waals surface area contributed by atoms with E-state index in [1.165, 1.54) is 51.4 Å². The summed E-state index contributed by atoms with van der Waals surface area (Å²) in [7, 11) is 2.04. The first-order valence-corrected chi connectivity index (χ1v) is 8.15. The molecule has 2 fully saturated rings. The third-order valence-corrected chi connectivity index (χ3v) is 4.93. The molecular weight excluding hydrogens is 234 g/mol. The van der Waals surface area contributed by atoms with E-state index >= 15 is 0 Å². The van der Waals surface area contributed by atoms with Gasteiger partial charge in [0.25, 0.3) is 0 Å². The summed E-state index contributed by atoms with van der Waals surface area (Å²) in [5.74, 6) is 0.897. The van der Waals surface area contributed by atoms with Gasteiger partial charge in [0.2, 0.25) is 0 Å². The summed E-state index contributed by atoms with van der Waals surface area (Å²) in [5, 5.41) is 12.7. The third-order valence-electron chi connectivity index (χ3n) is 4.93. The van der Waals surface area contributed by atoms with Gasteiger partial charge in [-0.2, -0.15) is 5.26 Å². The second-order valence-corrected chi connectivity index (χ2v) is 6.33. The summed E-state index contributed by atoms with van der Waals surface area (Å²) >= 11 is 0. The maximum atomic E-state index is 9.37. The number of hydrogen-bond acceptors (Lipinski definition) is 3. The third kappa shape index (κ3) is 4.19. The fourth-order valence-electron chi connectivity index (χ4n) is 3.91. The molecule has 3 nitrogen and oxygen atoms in total. The van der Waals surface area contributed by atoms with Crippen LogP contribution in [0.2, 0.25) is 0 Å². The highest BCUT2D eigenvalue weighted by Gasteiger charge is 2.30. The number of likely N-dealkylation sites (N-methyl/N-ethyl adjacent to an activating group) is 1. The van der Waals surface area contributed by atoms with E-state index in [0.29, 0.717) is 6.04 Å². The van der Waals surface area contributed by atoms with Crippen molar-refractivity contribution in [2.24, 2.45) is 5.92 Å². The lowest BCUT2D eigenvalue weighted by molar-refractivity contribution is 0.101. The minimum atomic E-state index is 0.163. The Morgan fingerprint density at radius 1 is 1.16 bits per heavy atom. The van der Waals surface area contributed by atoms with Gasteiger partial charge in [0.05, 0.1) is 12.1 Å². The van der Waals surface area contributed by atoms with Gasteiger partial charge in [-0.25, -0.2) is 0 Å². The van der Waals surface area contributed by atoms with Gasteiger partial charge in [-0.1, -0.05) is 32.1 Å². The Balaban J connectivity index is 1.94. The van der Waals surface area contributed by atoms with Gasteiger partial charge in [0, 0.05) is 12.6 Å². The quantitative estimate of drug-likeness (QED) is 0.829. The number of nitriles is 1. The smallest absolute Gasteiger partial charge is 0.0980 e. The van der Waals surface area contributed by atoms with E-state index in [2.05, 4.69) is 16.3 Å². The summed E-state index contributed by atoms with van der Waals surface area (Å²) in [4.78, 5) is 2.49. The predicted octanol–water partition coefficient (Wildman–Crippen LogP) is 2.92. The molecule has 0 bridgehead atoms. The molecule has 1 N–H and O–H groups in total. The van der Waals surface area contributed by atoms with E-state index in [0.717, 1.165) is 25.4 Å².